The molecule has 0 unspecified atom stereocenters. The van der Waals surface area contributed by atoms with Crippen molar-refractivity contribution in [3.63, 3.8) is 0 Å². The van der Waals surface area contributed by atoms with Gasteiger partial charge in [0.2, 0.25) is 5.91 Å². The van der Waals surface area contributed by atoms with Crippen molar-refractivity contribution in [3.05, 3.63) is 53.0 Å². The summed E-state index contributed by atoms with van der Waals surface area (Å²) in [5, 5.41) is 6.13. The molecule has 0 aliphatic rings. The van der Waals surface area contributed by atoms with Gasteiger partial charge in [0.1, 0.15) is 11.3 Å². The first kappa shape index (κ1) is 16.4. The summed E-state index contributed by atoms with van der Waals surface area (Å²) >= 11 is 3.39. The maximum absolute atomic E-state index is 12.5. The minimum absolute atomic E-state index is 0.124. The molecule has 1 amide bonds. The van der Waals surface area contributed by atoms with Gasteiger partial charge in [-0.15, -0.1) is 0 Å². The molecule has 22 heavy (non-hydrogen) atoms. The first-order valence-electron chi connectivity index (χ1n) is 6.90. The zero-order valence-corrected chi connectivity index (χ0v) is 14.4. The van der Waals surface area contributed by atoms with Crippen molar-refractivity contribution in [2.24, 2.45) is 0 Å². The molecule has 0 radical (unpaired) electrons. The third kappa shape index (κ3) is 4.01. The molecule has 4 nitrogen and oxygen atoms in total. The summed E-state index contributed by atoms with van der Waals surface area (Å²) in [4.78, 5) is 12.5. The predicted molar refractivity (Wildman–Crippen MR) is 93.5 cm³/mol. The van der Waals surface area contributed by atoms with E-state index in [0.717, 1.165) is 10.2 Å². The lowest BCUT2D eigenvalue weighted by molar-refractivity contribution is -0.119. The summed E-state index contributed by atoms with van der Waals surface area (Å²) < 4.78 is 6.08. The van der Waals surface area contributed by atoms with Crippen molar-refractivity contribution in [2.75, 3.05) is 17.7 Å². The van der Waals surface area contributed by atoms with Crippen molar-refractivity contribution < 1.29 is 9.53 Å². The number of carbonyl (C=O) groups excluding carboxylic acids is 1. The quantitative estimate of drug-likeness (QED) is 0.833. The third-order valence-electron chi connectivity index (χ3n) is 3.21. The molecule has 2 N–H and O–H groups in total. The lowest BCUT2D eigenvalue weighted by Crippen LogP contribution is -2.44. The lowest BCUT2D eigenvalue weighted by atomic mass is 10.0. The Balaban J connectivity index is 2.10. The van der Waals surface area contributed by atoms with Crippen LogP contribution in [0.25, 0.3) is 0 Å². The van der Waals surface area contributed by atoms with E-state index in [1.165, 1.54) is 0 Å². The number of halogens is 1. The second kappa shape index (κ2) is 6.83. The Kier molecular flexibility index (Phi) is 5.08. The van der Waals surface area contributed by atoms with Gasteiger partial charge in [-0.05, 0) is 54.0 Å². The average molecular weight is 363 g/mol. The Labute approximate surface area is 139 Å². The smallest absolute Gasteiger partial charge is 0.249 e. The van der Waals surface area contributed by atoms with E-state index in [0.29, 0.717) is 11.4 Å². The number of benzene rings is 2. The number of hydrogen-bond acceptors (Lipinski definition) is 3. The zero-order valence-electron chi connectivity index (χ0n) is 12.8. The van der Waals surface area contributed by atoms with Crippen LogP contribution in [0, 0.1) is 0 Å². The standard InChI is InChI=1S/C17H19BrN2O2/c1-17(2,20-12-7-5-4-6-8-12)16(21)19-13-9-10-14(18)15(11-13)22-3/h4-11,20H,1-3H3,(H,19,21). The topological polar surface area (TPSA) is 50.4 Å². The molecule has 0 aromatic heterocycles. The van der Waals surface area contributed by atoms with E-state index in [4.69, 9.17) is 4.74 Å². The molecule has 5 heteroatoms. The van der Waals surface area contributed by atoms with E-state index in [9.17, 15) is 4.79 Å². The molecule has 2 aromatic carbocycles. The van der Waals surface area contributed by atoms with Crippen LogP contribution in [-0.4, -0.2) is 18.6 Å². The van der Waals surface area contributed by atoms with Crippen molar-refractivity contribution >= 4 is 33.2 Å². The Morgan fingerprint density at radius 1 is 1.09 bits per heavy atom. The van der Waals surface area contributed by atoms with E-state index < -0.39 is 5.54 Å². The van der Waals surface area contributed by atoms with Crippen molar-refractivity contribution in [3.8, 4) is 5.75 Å². The van der Waals surface area contributed by atoms with Gasteiger partial charge >= 0.3 is 0 Å². The Morgan fingerprint density at radius 3 is 2.41 bits per heavy atom. The number of carbonyl (C=O) groups is 1. The molecule has 0 spiro atoms. The molecule has 0 fully saturated rings. The molecule has 0 heterocycles. The number of rotatable bonds is 5. The Bertz CT molecular complexity index is 657. The first-order chi connectivity index (χ1) is 10.4. The van der Waals surface area contributed by atoms with Crippen LogP contribution in [0.1, 0.15) is 13.8 Å². The highest BCUT2D eigenvalue weighted by atomic mass is 79.9. The predicted octanol–water partition coefficient (Wildman–Crippen LogP) is 4.29. The highest BCUT2D eigenvalue weighted by Crippen LogP contribution is 2.28. The number of methoxy groups -OCH3 is 1. The molecule has 0 saturated carbocycles. The van der Waals surface area contributed by atoms with Crippen molar-refractivity contribution in [1.82, 2.24) is 0 Å². The molecule has 0 saturated heterocycles. The monoisotopic (exact) mass is 362 g/mol. The molecule has 0 aliphatic heterocycles. The maximum Gasteiger partial charge on any atom is 0.249 e. The molecule has 0 aliphatic carbocycles. The zero-order chi connectivity index (χ0) is 16.2. The highest BCUT2D eigenvalue weighted by Gasteiger charge is 2.27. The number of amides is 1. The molecule has 0 atom stereocenters. The van der Waals surface area contributed by atoms with Crippen molar-refractivity contribution in [1.29, 1.82) is 0 Å². The number of para-hydroxylation sites is 1. The highest BCUT2D eigenvalue weighted by molar-refractivity contribution is 9.10. The summed E-state index contributed by atoms with van der Waals surface area (Å²) in [7, 11) is 1.59. The van der Waals surface area contributed by atoms with Crippen LogP contribution in [0.2, 0.25) is 0 Å². The normalized spacial score (nSPS) is 10.9. The van der Waals surface area contributed by atoms with E-state index in [1.54, 1.807) is 13.2 Å². The SMILES string of the molecule is COc1cc(NC(=O)C(C)(C)Nc2ccccc2)ccc1Br. The maximum atomic E-state index is 12.5. The Hall–Kier alpha value is -2.01. The van der Waals surface area contributed by atoms with Crippen LogP contribution in [0.3, 0.4) is 0 Å². The molecule has 2 rings (SSSR count). The number of hydrogen-bond donors (Lipinski definition) is 2. The minimum Gasteiger partial charge on any atom is -0.495 e. The minimum atomic E-state index is -0.748. The molecule has 2 aromatic rings. The van der Waals surface area contributed by atoms with Crippen LogP contribution in [-0.2, 0) is 4.79 Å². The van der Waals surface area contributed by atoms with Crippen LogP contribution < -0.4 is 15.4 Å². The second-order valence-corrected chi connectivity index (χ2v) is 6.27. The van der Waals surface area contributed by atoms with Gasteiger partial charge in [-0.2, -0.15) is 0 Å². The summed E-state index contributed by atoms with van der Waals surface area (Å²) in [6, 6.07) is 15.1. The van der Waals surface area contributed by atoms with Gasteiger partial charge in [0.25, 0.3) is 0 Å². The van der Waals surface area contributed by atoms with E-state index in [-0.39, 0.29) is 5.91 Å². The van der Waals surface area contributed by atoms with Gasteiger partial charge in [-0.25, -0.2) is 0 Å². The second-order valence-electron chi connectivity index (χ2n) is 5.42. The molecular formula is C17H19BrN2O2. The van der Waals surface area contributed by atoms with E-state index >= 15 is 0 Å². The lowest BCUT2D eigenvalue weighted by Gasteiger charge is -2.26. The fourth-order valence-corrected chi connectivity index (χ4v) is 2.37. The summed E-state index contributed by atoms with van der Waals surface area (Å²) in [5.74, 6) is 0.548. The number of nitrogens with one attached hydrogen (secondary N) is 2. The molecule has 116 valence electrons. The first-order valence-corrected chi connectivity index (χ1v) is 7.70. The van der Waals surface area contributed by atoms with Gasteiger partial charge in [-0.3, -0.25) is 4.79 Å². The Morgan fingerprint density at radius 2 is 1.77 bits per heavy atom. The van der Waals surface area contributed by atoms with Gasteiger partial charge in [0.05, 0.1) is 11.6 Å². The number of anilines is 2. The molecule has 0 bridgehead atoms. The van der Waals surface area contributed by atoms with Gasteiger partial charge in [0, 0.05) is 17.4 Å². The largest absolute Gasteiger partial charge is 0.495 e. The van der Waals surface area contributed by atoms with Crippen molar-refractivity contribution in [2.45, 2.75) is 19.4 Å². The fourth-order valence-electron chi connectivity index (χ4n) is 1.96. The summed E-state index contributed by atoms with van der Waals surface area (Å²) in [5.41, 5.74) is 0.839. The van der Waals surface area contributed by atoms with Gasteiger partial charge < -0.3 is 15.4 Å². The molecular weight excluding hydrogens is 344 g/mol. The van der Waals surface area contributed by atoms with Crippen LogP contribution in [0.15, 0.2) is 53.0 Å². The average Bonchev–Trinajstić information content (AvgIpc) is 2.49. The van der Waals surface area contributed by atoms with E-state index in [1.807, 2.05) is 56.3 Å². The summed E-state index contributed by atoms with van der Waals surface area (Å²) in [6.07, 6.45) is 0. The van der Waals surface area contributed by atoms with Gasteiger partial charge in [0.15, 0.2) is 0 Å². The third-order valence-corrected chi connectivity index (χ3v) is 3.86. The number of ether oxygens (including phenoxy) is 1. The van der Waals surface area contributed by atoms with Crippen LogP contribution >= 0.6 is 15.9 Å². The van der Waals surface area contributed by atoms with Gasteiger partial charge in [-0.1, -0.05) is 18.2 Å². The fraction of sp³-hybridized carbons (Fsp3) is 0.235. The summed E-state index contributed by atoms with van der Waals surface area (Å²) in [6.45, 7) is 3.68. The van der Waals surface area contributed by atoms with Crippen LogP contribution in [0.5, 0.6) is 5.75 Å². The van der Waals surface area contributed by atoms with E-state index in [2.05, 4.69) is 26.6 Å². The van der Waals surface area contributed by atoms with Crippen LogP contribution in [0.4, 0.5) is 11.4 Å².